The summed E-state index contributed by atoms with van der Waals surface area (Å²) in [5, 5.41) is 2.94. The molecule has 0 unspecified atom stereocenters. The van der Waals surface area contributed by atoms with E-state index in [0.717, 1.165) is 30.2 Å². The SMILES string of the molecule is Cc1ncnc(N2CC(N(C)CC(=O)Nc3ccc4c(c3)OCCO4)C2)c1C. The number of ether oxygens (including phenoxy) is 2. The van der Waals surface area contributed by atoms with E-state index < -0.39 is 0 Å². The Bertz CT molecular complexity index is 882. The van der Waals surface area contributed by atoms with Gasteiger partial charge in [0.05, 0.1) is 6.54 Å². The minimum absolute atomic E-state index is 0.0494. The molecule has 1 N–H and O–H groups in total. The fourth-order valence-corrected chi connectivity index (χ4v) is 3.43. The highest BCUT2D eigenvalue weighted by molar-refractivity contribution is 5.92. The van der Waals surface area contributed by atoms with Crippen LogP contribution in [-0.4, -0.2) is 66.7 Å². The number of carbonyl (C=O) groups is 1. The average molecular weight is 383 g/mol. The first-order valence-corrected chi connectivity index (χ1v) is 9.44. The highest BCUT2D eigenvalue weighted by atomic mass is 16.6. The molecule has 1 aromatic carbocycles. The molecule has 4 rings (SSSR count). The van der Waals surface area contributed by atoms with Crippen LogP contribution >= 0.6 is 0 Å². The zero-order valence-electron chi connectivity index (χ0n) is 16.4. The Hall–Kier alpha value is -2.87. The number of hydrogen-bond acceptors (Lipinski definition) is 7. The molecule has 8 nitrogen and oxygen atoms in total. The van der Waals surface area contributed by atoms with Gasteiger partial charge in [-0.05, 0) is 33.0 Å². The summed E-state index contributed by atoms with van der Waals surface area (Å²) < 4.78 is 11.1. The van der Waals surface area contributed by atoms with Gasteiger partial charge in [-0.2, -0.15) is 0 Å². The number of hydrogen-bond donors (Lipinski definition) is 1. The molecule has 0 saturated carbocycles. The van der Waals surface area contributed by atoms with Gasteiger partial charge in [0.15, 0.2) is 11.5 Å². The second-order valence-corrected chi connectivity index (χ2v) is 7.29. The van der Waals surface area contributed by atoms with Crippen molar-refractivity contribution >= 4 is 17.4 Å². The van der Waals surface area contributed by atoms with E-state index >= 15 is 0 Å². The van der Waals surface area contributed by atoms with Gasteiger partial charge in [0.2, 0.25) is 5.91 Å². The lowest BCUT2D eigenvalue weighted by atomic mass is 10.1. The van der Waals surface area contributed by atoms with E-state index in [2.05, 4.69) is 25.1 Å². The van der Waals surface area contributed by atoms with Gasteiger partial charge in [0, 0.05) is 42.1 Å². The van der Waals surface area contributed by atoms with E-state index in [1.807, 2.05) is 33.0 Å². The maximum Gasteiger partial charge on any atom is 0.238 e. The van der Waals surface area contributed by atoms with Gasteiger partial charge >= 0.3 is 0 Å². The summed E-state index contributed by atoms with van der Waals surface area (Å²) in [6, 6.07) is 5.78. The van der Waals surface area contributed by atoms with E-state index in [0.29, 0.717) is 43.0 Å². The van der Waals surface area contributed by atoms with Crippen LogP contribution in [0.25, 0.3) is 0 Å². The Morgan fingerprint density at radius 2 is 1.96 bits per heavy atom. The van der Waals surface area contributed by atoms with Crippen molar-refractivity contribution in [3.8, 4) is 11.5 Å². The summed E-state index contributed by atoms with van der Waals surface area (Å²) in [5.74, 6) is 2.32. The third-order valence-corrected chi connectivity index (χ3v) is 5.31. The van der Waals surface area contributed by atoms with Crippen molar-refractivity contribution in [3.63, 3.8) is 0 Å². The fourth-order valence-electron chi connectivity index (χ4n) is 3.43. The van der Waals surface area contributed by atoms with Crippen molar-refractivity contribution < 1.29 is 14.3 Å². The molecule has 148 valence electrons. The molecule has 0 atom stereocenters. The van der Waals surface area contributed by atoms with Crippen molar-refractivity contribution in [1.82, 2.24) is 14.9 Å². The molecular weight excluding hydrogens is 358 g/mol. The first kappa shape index (κ1) is 18.5. The second-order valence-electron chi connectivity index (χ2n) is 7.29. The van der Waals surface area contributed by atoms with Gasteiger partial charge in [-0.3, -0.25) is 9.69 Å². The summed E-state index contributed by atoms with van der Waals surface area (Å²) in [6.07, 6.45) is 1.61. The number of fused-ring (bicyclic) bond motifs is 1. The van der Waals surface area contributed by atoms with Gasteiger partial charge in [-0.15, -0.1) is 0 Å². The Kier molecular flexibility index (Phi) is 5.04. The average Bonchev–Trinajstić information content (AvgIpc) is 2.63. The maximum absolute atomic E-state index is 12.4. The molecule has 1 aromatic heterocycles. The van der Waals surface area contributed by atoms with Crippen LogP contribution in [0, 0.1) is 13.8 Å². The minimum atomic E-state index is -0.0494. The molecule has 3 heterocycles. The van der Waals surface area contributed by atoms with Crippen LogP contribution in [0.3, 0.4) is 0 Å². The van der Waals surface area contributed by atoms with Crippen LogP contribution in [0.4, 0.5) is 11.5 Å². The fraction of sp³-hybridized carbons (Fsp3) is 0.450. The van der Waals surface area contributed by atoms with Crippen LogP contribution in [0.1, 0.15) is 11.3 Å². The Morgan fingerprint density at radius 3 is 2.75 bits per heavy atom. The number of anilines is 2. The molecule has 8 heteroatoms. The van der Waals surface area contributed by atoms with Gasteiger partial charge in [-0.1, -0.05) is 0 Å². The van der Waals surface area contributed by atoms with E-state index in [1.54, 1.807) is 12.4 Å². The Labute approximate surface area is 164 Å². The van der Waals surface area contributed by atoms with E-state index in [1.165, 1.54) is 0 Å². The molecule has 0 aliphatic carbocycles. The quantitative estimate of drug-likeness (QED) is 0.840. The van der Waals surface area contributed by atoms with Crippen molar-refractivity contribution in [1.29, 1.82) is 0 Å². The summed E-state index contributed by atoms with van der Waals surface area (Å²) in [5.41, 5.74) is 2.82. The van der Waals surface area contributed by atoms with Crippen LogP contribution in [0.5, 0.6) is 11.5 Å². The van der Waals surface area contributed by atoms with Crippen molar-refractivity contribution in [2.24, 2.45) is 0 Å². The Balaban J connectivity index is 1.29. The molecule has 1 amide bonds. The molecule has 1 saturated heterocycles. The summed E-state index contributed by atoms with van der Waals surface area (Å²) in [6.45, 7) is 7.15. The number of likely N-dealkylation sites (N-methyl/N-ethyl adjacent to an activating group) is 1. The zero-order chi connectivity index (χ0) is 19.7. The van der Waals surface area contributed by atoms with Gasteiger partial charge in [-0.25, -0.2) is 9.97 Å². The van der Waals surface area contributed by atoms with Gasteiger partial charge in [0.1, 0.15) is 25.4 Å². The van der Waals surface area contributed by atoms with Crippen LogP contribution in [0.2, 0.25) is 0 Å². The number of aromatic nitrogens is 2. The predicted octanol–water partition coefficient (Wildman–Crippen LogP) is 1.62. The first-order chi connectivity index (χ1) is 13.5. The van der Waals surface area contributed by atoms with Crippen LogP contribution in [0.15, 0.2) is 24.5 Å². The maximum atomic E-state index is 12.4. The number of aryl methyl sites for hydroxylation is 1. The third-order valence-electron chi connectivity index (χ3n) is 5.31. The molecule has 2 aliphatic heterocycles. The van der Waals surface area contributed by atoms with Crippen LogP contribution < -0.4 is 19.7 Å². The molecule has 0 spiro atoms. The topological polar surface area (TPSA) is 79.8 Å². The number of rotatable bonds is 5. The summed E-state index contributed by atoms with van der Waals surface area (Å²) in [7, 11) is 1.98. The zero-order valence-corrected chi connectivity index (χ0v) is 16.4. The lowest BCUT2D eigenvalue weighted by molar-refractivity contribution is -0.117. The highest BCUT2D eigenvalue weighted by Crippen LogP contribution is 2.32. The first-order valence-electron chi connectivity index (χ1n) is 9.44. The van der Waals surface area contributed by atoms with E-state index in [4.69, 9.17) is 9.47 Å². The number of amides is 1. The second kappa shape index (κ2) is 7.63. The van der Waals surface area contributed by atoms with Crippen molar-refractivity contribution in [3.05, 3.63) is 35.8 Å². The molecule has 0 radical (unpaired) electrons. The molecular formula is C20H25N5O3. The smallest absolute Gasteiger partial charge is 0.238 e. The number of benzene rings is 1. The lowest BCUT2D eigenvalue weighted by Gasteiger charge is -2.45. The minimum Gasteiger partial charge on any atom is -0.486 e. The monoisotopic (exact) mass is 383 g/mol. The standard InChI is InChI=1S/C20H25N5O3/c1-13-14(2)21-12-22-20(13)25-9-16(10-25)24(3)11-19(26)23-15-4-5-17-18(8-15)28-7-6-27-17/h4-5,8,12,16H,6-7,9-11H2,1-3H3,(H,23,26). The van der Waals surface area contributed by atoms with Gasteiger partial charge in [0.25, 0.3) is 0 Å². The highest BCUT2D eigenvalue weighted by Gasteiger charge is 2.32. The van der Waals surface area contributed by atoms with Crippen molar-refractivity contribution in [2.75, 3.05) is 50.1 Å². The normalized spacial score (nSPS) is 16.1. The summed E-state index contributed by atoms with van der Waals surface area (Å²) >= 11 is 0. The molecule has 2 aromatic rings. The van der Waals surface area contributed by atoms with Crippen LogP contribution in [-0.2, 0) is 4.79 Å². The predicted molar refractivity (Wildman–Crippen MR) is 106 cm³/mol. The molecule has 2 aliphatic rings. The van der Waals surface area contributed by atoms with Crippen molar-refractivity contribution in [2.45, 2.75) is 19.9 Å². The molecule has 28 heavy (non-hydrogen) atoms. The van der Waals surface area contributed by atoms with E-state index in [-0.39, 0.29) is 5.91 Å². The van der Waals surface area contributed by atoms with Gasteiger partial charge < -0.3 is 19.7 Å². The Morgan fingerprint density at radius 1 is 1.21 bits per heavy atom. The summed E-state index contributed by atoms with van der Waals surface area (Å²) in [4.78, 5) is 25.4. The number of nitrogens with zero attached hydrogens (tertiary/aromatic N) is 4. The molecule has 1 fully saturated rings. The third kappa shape index (κ3) is 3.73. The number of carbonyl (C=O) groups excluding carboxylic acids is 1. The van der Waals surface area contributed by atoms with E-state index in [9.17, 15) is 4.79 Å². The lowest BCUT2D eigenvalue weighted by Crippen LogP contribution is -2.60. The number of nitrogens with one attached hydrogen (secondary N) is 1. The largest absolute Gasteiger partial charge is 0.486 e. The molecule has 0 bridgehead atoms.